The molecule has 0 saturated heterocycles. The lowest BCUT2D eigenvalue weighted by atomic mass is 9.67. The summed E-state index contributed by atoms with van der Waals surface area (Å²) in [5.41, 5.74) is 0.790. The molecule has 21 heavy (non-hydrogen) atoms. The van der Waals surface area contributed by atoms with Crippen LogP contribution in [0.1, 0.15) is 35.2 Å². The molecule has 1 N–H and O–H groups in total. The predicted octanol–water partition coefficient (Wildman–Crippen LogP) is 1.87. The third kappa shape index (κ3) is 2.04. The predicted molar refractivity (Wildman–Crippen MR) is 73.4 cm³/mol. The van der Waals surface area contributed by atoms with E-state index in [2.05, 4.69) is 0 Å². The first kappa shape index (κ1) is 13.8. The maximum atomic E-state index is 12.7. The standard InChI is InChI=1S/C16H16O5/c1-21-10-2-3-11-9(6-10)7-16(14(11)18)5-4-13(17)12(8-16)15(19)20/h2-3,6,12H,4-5,7-8H2,1H3,(H,19,20)/t12-,16-/m1/s1. The first-order chi connectivity index (χ1) is 9.97. The van der Waals surface area contributed by atoms with Gasteiger partial charge in [0.05, 0.1) is 7.11 Å². The van der Waals surface area contributed by atoms with Gasteiger partial charge in [-0.2, -0.15) is 0 Å². The van der Waals surface area contributed by atoms with Crippen molar-refractivity contribution in [1.82, 2.24) is 0 Å². The molecule has 5 nitrogen and oxygen atoms in total. The second kappa shape index (κ2) is 4.69. The van der Waals surface area contributed by atoms with Crippen LogP contribution in [-0.2, 0) is 16.0 Å². The number of ether oxygens (including phenoxy) is 1. The van der Waals surface area contributed by atoms with Crippen LogP contribution in [0, 0.1) is 11.3 Å². The summed E-state index contributed by atoms with van der Waals surface area (Å²) in [6, 6.07) is 5.30. The molecule has 1 spiro atoms. The van der Waals surface area contributed by atoms with Crippen molar-refractivity contribution in [1.29, 1.82) is 0 Å². The first-order valence-corrected chi connectivity index (χ1v) is 6.94. The number of benzene rings is 1. The van der Waals surface area contributed by atoms with Gasteiger partial charge in [0.2, 0.25) is 0 Å². The average molecular weight is 288 g/mol. The van der Waals surface area contributed by atoms with Gasteiger partial charge in [-0.3, -0.25) is 14.4 Å². The van der Waals surface area contributed by atoms with Crippen molar-refractivity contribution in [2.45, 2.75) is 25.7 Å². The molecule has 0 heterocycles. The van der Waals surface area contributed by atoms with E-state index in [1.807, 2.05) is 6.07 Å². The Morgan fingerprint density at radius 3 is 2.81 bits per heavy atom. The van der Waals surface area contributed by atoms with Crippen LogP contribution in [0.3, 0.4) is 0 Å². The summed E-state index contributed by atoms with van der Waals surface area (Å²) in [7, 11) is 1.56. The van der Waals surface area contributed by atoms with Gasteiger partial charge in [-0.15, -0.1) is 0 Å². The van der Waals surface area contributed by atoms with Crippen LogP contribution in [0.4, 0.5) is 0 Å². The SMILES string of the molecule is COc1ccc2c(c1)C[C@@]1(CCC(=O)[C@H](C(=O)O)C1)C2=O. The Kier molecular flexibility index (Phi) is 3.08. The minimum Gasteiger partial charge on any atom is -0.497 e. The minimum atomic E-state index is -1.12. The molecule has 0 aliphatic heterocycles. The number of carbonyl (C=O) groups excluding carboxylic acids is 2. The van der Waals surface area contributed by atoms with E-state index in [9.17, 15) is 19.5 Å². The van der Waals surface area contributed by atoms with Crippen LogP contribution in [-0.4, -0.2) is 29.8 Å². The molecule has 0 aromatic heterocycles. The summed E-state index contributed by atoms with van der Waals surface area (Å²) in [6.45, 7) is 0. The van der Waals surface area contributed by atoms with E-state index in [0.29, 0.717) is 24.2 Å². The molecule has 0 radical (unpaired) electrons. The molecule has 2 aliphatic carbocycles. The van der Waals surface area contributed by atoms with Gasteiger partial charge in [-0.1, -0.05) is 0 Å². The molecule has 1 fully saturated rings. The van der Waals surface area contributed by atoms with Crippen molar-refractivity contribution in [3.05, 3.63) is 29.3 Å². The Morgan fingerprint density at radius 1 is 1.38 bits per heavy atom. The summed E-state index contributed by atoms with van der Waals surface area (Å²) in [5, 5.41) is 9.19. The summed E-state index contributed by atoms with van der Waals surface area (Å²) in [4.78, 5) is 35.7. The average Bonchev–Trinajstić information content (AvgIpc) is 2.73. The third-order valence-electron chi connectivity index (χ3n) is 4.70. The molecular weight excluding hydrogens is 272 g/mol. The highest BCUT2D eigenvalue weighted by molar-refractivity contribution is 6.08. The summed E-state index contributed by atoms with van der Waals surface area (Å²) in [6.07, 6.45) is 1.20. The Morgan fingerprint density at radius 2 is 2.14 bits per heavy atom. The number of carboxylic acid groups (broad SMARTS) is 1. The molecular formula is C16H16O5. The third-order valence-corrected chi connectivity index (χ3v) is 4.70. The molecule has 1 saturated carbocycles. The van der Waals surface area contributed by atoms with Gasteiger partial charge >= 0.3 is 5.97 Å². The molecule has 110 valence electrons. The van der Waals surface area contributed by atoms with Gasteiger partial charge in [0.1, 0.15) is 17.5 Å². The zero-order valence-corrected chi connectivity index (χ0v) is 11.7. The number of carboxylic acids is 1. The Balaban J connectivity index is 1.96. The van der Waals surface area contributed by atoms with Crippen LogP contribution in [0.15, 0.2) is 18.2 Å². The van der Waals surface area contributed by atoms with Crippen LogP contribution >= 0.6 is 0 Å². The normalized spacial score (nSPS) is 27.8. The van der Waals surface area contributed by atoms with E-state index in [1.54, 1.807) is 19.2 Å². The fourth-order valence-corrected chi connectivity index (χ4v) is 3.53. The maximum Gasteiger partial charge on any atom is 0.314 e. The van der Waals surface area contributed by atoms with Crippen molar-refractivity contribution >= 4 is 17.5 Å². The van der Waals surface area contributed by atoms with E-state index in [1.165, 1.54) is 0 Å². The summed E-state index contributed by atoms with van der Waals surface area (Å²) < 4.78 is 5.17. The first-order valence-electron chi connectivity index (χ1n) is 6.94. The highest BCUT2D eigenvalue weighted by Gasteiger charge is 2.51. The second-order valence-corrected chi connectivity index (χ2v) is 5.87. The van der Waals surface area contributed by atoms with Crippen molar-refractivity contribution < 1.29 is 24.2 Å². The molecule has 3 rings (SSSR count). The Bertz CT molecular complexity index is 648. The van der Waals surface area contributed by atoms with E-state index < -0.39 is 17.3 Å². The van der Waals surface area contributed by atoms with Crippen LogP contribution < -0.4 is 4.74 Å². The molecule has 0 bridgehead atoms. The zero-order chi connectivity index (χ0) is 15.2. The van der Waals surface area contributed by atoms with Crippen molar-refractivity contribution in [2.75, 3.05) is 7.11 Å². The molecule has 1 aromatic carbocycles. The second-order valence-electron chi connectivity index (χ2n) is 5.87. The quantitative estimate of drug-likeness (QED) is 0.840. The smallest absolute Gasteiger partial charge is 0.314 e. The number of aliphatic carboxylic acids is 1. The van der Waals surface area contributed by atoms with Gasteiger partial charge < -0.3 is 9.84 Å². The topological polar surface area (TPSA) is 80.7 Å². The zero-order valence-electron chi connectivity index (χ0n) is 11.7. The molecule has 2 atom stereocenters. The molecule has 1 aromatic rings. The number of fused-ring (bicyclic) bond motifs is 1. The lowest BCUT2D eigenvalue weighted by molar-refractivity contribution is -0.149. The minimum absolute atomic E-state index is 0.0288. The van der Waals surface area contributed by atoms with Crippen LogP contribution in [0.25, 0.3) is 0 Å². The van der Waals surface area contributed by atoms with Gasteiger partial charge in [0.25, 0.3) is 0 Å². The number of ketones is 2. The van der Waals surface area contributed by atoms with Gasteiger partial charge in [-0.05, 0) is 43.0 Å². The molecule has 5 heteroatoms. The van der Waals surface area contributed by atoms with E-state index >= 15 is 0 Å². The highest BCUT2D eigenvalue weighted by atomic mass is 16.5. The number of hydrogen-bond acceptors (Lipinski definition) is 4. The van der Waals surface area contributed by atoms with Gasteiger partial charge in [0.15, 0.2) is 5.78 Å². The fraction of sp³-hybridized carbons (Fsp3) is 0.438. The van der Waals surface area contributed by atoms with Crippen molar-refractivity contribution in [3.63, 3.8) is 0 Å². The molecule has 0 unspecified atom stereocenters. The number of rotatable bonds is 2. The fourth-order valence-electron chi connectivity index (χ4n) is 3.53. The van der Waals surface area contributed by atoms with E-state index in [0.717, 1.165) is 5.56 Å². The van der Waals surface area contributed by atoms with Gasteiger partial charge in [-0.25, -0.2) is 0 Å². The van der Waals surface area contributed by atoms with Crippen molar-refractivity contribution in [2.24, 2.45) is 11.3 Å². The maximum absolute atomic E-state index is 12.7. The number of Topliss-reactive ketones (excluding diaryl/α,β-unsaturated/α-hetero) is 2. The molecule has 2 aliphatic rings. The Hall–Kier alpha value is -2.17. The lowest BCUT2D eigenvalue weighted by Gasteiger charge is -2.34. The number of methoxy groups -OCH3 is 1. The number of hydrogen-bond donors (Lipinski definition) is 1. The van der Waals surface area contributed by atoms with E-state index in [-0.39, 0.29) is 24.4 Å². The summed E-state index contributed by atoms with van der Waals surface area (Å²) >= 11 is 0. The Labute approximate surface area is 121 Å². The monoisotopic (exact) mass is 288 g/mol. The van der Waals surface area contributed by atoms with E-state index in [4.69, 9.17) is 4.74 Å². The van der Waals surface area contributed by atoms with Gasteiger partial charge in [0, 0.05) is 17.4 Å². The summed E-state index contributed by atoms with van der Waals surface area (Å²) in [5.74, 6) is -1.80. The number of carbonyl (C=O) groups is 3. The highest BCUT2D eigenvalue weighted by Crippen LogP contribution is 2.48. The molecule has 0 amide bonds. The lowest BCUT2D eigenvalue weighted by Crippen LogP contribution is -2.41. The largest absolute Gasteiger partial charge is 0.497 e. The van der Waals surface area contributed by atoms with Crippen LogP contribution in [0.5, 0.6) is 5.75 Å². The van der Waals surface area contributed by atoms with Crippen molar-refractivity contribution in [3.8, 4) is 5.75 Å². The van der Waals surface area contributed by atoms with Crippen LogP contribution in [0.2, 0.25) is 0 Å².